The number of nitrogen functional groups attached to an aromatic ring is 1. The molecule has 0 radical (unpaired) electrons. The Morgan fingerprint density at radius 3 is 2.63 bits per heavy atom. The third kappa shape index (κ3) is 4.39. The van der Waals surface area contributed by atoms with Gasteiger partial charge in [0.15, 0.2) is 5.69 Å². The van der Waals surface area contributed by atoms with Gasteiger partial charge in [-0.05, 0) is 31.0 Å². The molecule has 2 aromatic rings. The standard InChI is InChI=1S/C18H22ClFN4O3/c1-3-5-9-23(17(26)12-10-11(19)6-7-13(12)20)14-15(21)24(8-4-2)18(27)22-16(14)25/h6-7,10H,3-5,8-9,21H2,1-2H3,(H,22,25,27). The maximum atomic E-state index is 14.2. The van der Waals surface area contributed by atoms with Gasteiger partial charge >= 0.3 is 5.69 Å². The number of unbranched alkanes of at least 4 members (excludes halogenated alkanes) is 1. The van der Waals surface area contributed by atoms with Crippen LogP contribution in [-0.4, -0.2) is 22.0 Å². The average Bonchev–Trinajstić information content (AvgIpc) is 2.62. The predicted octanol–water partition coefficient (Wildman–Crippen LogP) is 2.77. The molecule has 1 amide bonds. The van der Waals surface area contributed by atoms with Crippen LogP contribution in [0.3, 0.4) is 0 Å². The van der Waals surface area contributed by atoms with Crippen molar-refractivity contribution in [1.29, 1.82) is 0 Å². The van der Waals surface area contributed by atoms with Crippen LogP contribution in [0.4, 0.5) is 15.9 Å². The maximum absolute atomic E-state index is 14.2. The largest absolute Gasteiger partial charge is 0.383 e. The molecule has 2 rings (SSSR count). The lowest BCUT2D eigenvalue weighted by atomic mass is 10.1. The number of carbonyl (C=O) groups is 1. The number of benzene rings is 1. The molecule has 0 fully saturated rings. The average molecular weight is 397 g/mol. The van der Waals surface area contributed by atoms with Crippen molar-refractivity contribution in [2.75, 3.05) is 17.2 Å². The number of nitrogens with two attached hydrogens (primary N) is 1. The summed E-state index contributed by atoms with van der Waals surface area (Å²) >= 11 is 5.89. The summed E-state index contributed by atoms with van der Waals surface area (Å²) in [7, 11) is 0. The van der Waals surface area contributed by atoms with Crippen molar-refractivity contribution in [2.45, 2.75) is 39.7 Å². The Labute approximate surface area is 160 Å². The zero-order chi connectivity index (χ0) is 20.1. The number of amides is 1. The van der Waals surface area contributed by atoms with Gasteiger partial charge in [-0.1, -0.05) is 31.9 Å². The second kappa shape index (κ2) is 8.85. The molecule has 0 aliphatic carbocycles. The van der Waals surface area contributed by atoms with Crippen molar-refractivity contribution in [2.24, 2.45) is 0 Å². The minimum atomic E-state index is -0.795. The van der Waals surface area contributed by atoms with Gasteiger partial charge in [0.05, 0.1) is 5.56 Å². The van der Waals surface area contributed by atoms with Crippen molar-refractivity contribution >= 4 is 29.0 Å². The molecule has 3 N–H and O–H groups in total. The summed E-state index contributed by atoms with van der Waals surface area (Å²) in [6.07, 6.45) is 1.88. The van der Waals surface area contributed by atoms with E-state index >= 15 is 0 Å². The number of halogens is 2. The first-order valence-electron chi connectivity index (χ1n) is 8.71. The molecule has 0 bridgehead atoms. The fourth-order valence-corrected chi connectivity index (χ4v) is 2.89. The van der Waals surface area contributed by atoms with Crippen LogP contribution in [0.1, 0.15) is 43.5 Å². The van der Waals surface area contributed by atoms with Crippen LogP contribution in [0.15, 0.2) is 27.8 Å². The summed E-state index contributed by atoms with van der Waals surface area (Å²) in [4.78, 5) is 40.8. The summed E-state index contributed by atoms with van der Waals surface area (Å²) in [6, 6.07) is 3.61. The van der Waals surface area contributed by atoms with Crippen molar-refractivity contribution in [3.63, 3.8) is 0 Å². The van der Waals surface area contributed by atoms with Gasteiger partial charge in [0.2, 0.25) is 0 Å². The monoisotopic (exact) mass is 396 g/mol. The molecule has 1 heterocycles. The SMILES string of the molecule is CCCCN(C(=O)c1cc(Cl)ccc1F)c1c(N)n(CCC)c(=O)[nH]c1=O. The Hall–Kier alpha value is -2.61. The zero-order valence-corrected chi connectivity index (χ0v) is 16.0. The molecule has 7 nitrogen and oxygen atoms in total. The highest BCUT2D eigenvalue weighted by Gasteiger charge is 2.26. The Morgan fingerprint density at radius 1 is 1.30 bits per heavy atom. The number of anilines is 2. The molecule has 0 aliphatic heterocycles. The number of hydrogen-bond acceptors (Lipinski definition) is 4. The normalized spacial score (nSPS) is 10.8. The maximum Gasteiger partial charge on any atom is 0.330 e. The highest BCUT2D eigenvalue weighted by Crippen LogP contribution is 2.23. The van der Waals surface area contributed by atoms with Gasteiger partial charge in [-0.2, -0.15) is 0 Å². The van der Waals surface area contributed by atoms with E-state index in [1.165, 1.54) is 16.7 Å². The Morgan fingerprint density at radius 2 is 2.00 bits per heavy atom. The van der Waals surface area contributed by atoms with Gasteiger partial charge in [0.1, 0.15) is 11.6 Å². The second-order valence-corrected chi connectivity index (χ2v) is 6.52. The van der Waals surface area contributed by atoms with E-state index in [1.54, 1.807) is 0 Å². The number of carbonyl (C=O) groups excluding carboxylic acids is 1. The van der Waals surface area contributed by atoms with Crippen molar-refractivity contribution in [1.82, 2.24) is 9.55 Å². The quantitative estimate of drug-likeness (QED) is 0.751. The summed E-state index contributed by atoms with van der Waals surface area (Å²) in [5.41, 5.74) is 4.17. The molecule has 27 heavy (non-hydrogen) atoms. The Bertz CT molecular complexity index is 955. The van der Waals surface area contributed by atoms with Crippen molar-refractivity contribution in [3.05, 3.63) is 55.4 Å². The molecule has 0 atom stereocenters. The molecule has 9 heteroatoms. The fraction of sp³-hybridized carbons (Fsp3) is 0.389. The van der Waals surface area contributed by atoms with E-state index in [4.69, 9.17) is 17.3 Å². The van der Waals surface area contributed by atoms with Gasteiger partial charge < -0.3 is 10.6 Å². The van der Waals surface area contributed by atoms with Crippen LogP contribution >= 0.6 is 11.6 Å². The van der Waals surface area contributed by atoms with Crippen LogP contribution in [0.5, 0.6) is 0 Å². The molecule has 0 saturated carbocycles. The third-order valence-electron chi connectivity index (χ3n) is 4.07. The zero-order valence-electron chi connectivity index (χ0n) is 15.2. The number of hydrogen-bond donors (Lipinski definition) is 2. The topological polar surface area (TPSA) is 101 Å². The summed E-state index contributed by atoms with van der Waals surface area (Å²) in [5.74, 6) is -1.64. The van der Waals surface area contributed by atoms with Crippen LogP contribution in [0.2, 0.25) is 5.02 Å². The minimum Gasteiger partial charge on any atom is -0.383 e. The van der Waals surface area contributed by atoms with Gasteiger partial charge in [-0.15, -0.1) is 0 Å². The van der Waals surface area contributed by atoms with Crippen molar-refractivity contribution < 1.29 is 9.18 Å². The summed E-state index contributed by atoms with van der Waals surface area (Å²) in [6.45, 7) is 4.17. The Balaban J connectivity index is 2.65. The van der Waals surface area contributed by atoms with E-state index in [0.29, 0.717) is 12.8 Å². The number of nitrogens with zero attached hydrogens (tertiary/aromatic N) is 2. The predicted molar refractivity (Wildman–Crippen MR) is 104 cm³/mol. The van der Waals surface area contributed by atoms with Crippen LogP contribution in [-0.2, 0) is 6.54 Å². The highest BCUT2D eigenvalue weighted by atomic mass is 35.5. The van der Waals surface area contributed by atoms with E-state index in [2.05, 4.69) is 4.98 Å². The Kier molecular flexibility index (Phi) is 6.79. The lowest BCUT2D eigenvalue weighted by molar-refractivity contribution is 0.0982. The molecular weight excluding hydrogens is 375 g/mol. The van der Waals surface area contributed by atoms with E-state index in [1.807, 2.05) is 13.8 Å². The van der Waals surface area contributed by atoms with E-state index < -0.39 is 23.0 Å². The lowest BCUT2D eigenvalue weighted by Gasteiger charge is -2.24. The number of H-pyrrole nitrogens is 1. The minimum absolute atomic E-state index is 0.127. The van der Waals surface area contributed by atoms with Gasteiger partial charge in [0.25, 0.3) is 11.5 Å². The molecule has 0 spiro atoms. The molecule has 1 aromatic carbocycles. The van der Waals surface area contributed by atoms with Crippen LogP contribution in [0, 0.1) is 5.82 Å². The molecule has 0 saturated heterocycles. The molecule has 1 aromatic heterocycles. The highest BCUT2D eigenvalue weighted by molar-refractivity contribution is 6.31. The smallest absolute Gasteiger partial charge is 0.330 e. The van der Waals surface area contributed by atoms with Crippen molar-refractivity contribution in [3.8, 4) is 0 Å². The second-order valence-electron chi connectivity index (χ2n) is 6.08. The van der Waals surface area contributed by atoms with Gasteiger partial charge in [0, 0.05) is 18.1 Å². The number of aromatic nitrogens is 2. The first-order chi connectivity index (χ1) is 12.8. The van der Waals surface area contributed by atoms with E-state index in [9.17, 15) is 18.8 Å². The third-order valence-corrected chi connectivity index (χ3v) is 4.31. The van der Waals surface area contributed by atoms with Gasteiger partial charge in [-0.3, -0.25) is 19.1 Å². The molecular formula is C18H22ClFN4O3. The number of aromatic amines is 1. The first-order valence-corrected chi connectivity index (χ1v) is 9.09. The molecule has 0 unspecified atom stereocenters. The fourth-order valence-electron chi connectivity index (χ4n) is 2.72. The van der Waals surface area contributed by atoms with E-state index in [-0.39, 0.29) is 35.2 Å². The lowest BCUT2D eigenvalue weighted by Crippen LogP contribution is -2.42. The number of nitrogens with one attached hydrogen (secondary N) is 1. The molecule has 0 aliphatic rings. The number of rotatable bonds is 7. The first kappa shape index (κ1) is 20.7. The summed E-state index contributed by atoms with van der Waals surface area (Å²) in [5, 5.41) is 0.188. The summed E-state index contributed by atoms with van der Waals surface area (Å²) < 4.78 is 15.4. The molecule has 146 valence electrons. The van der Waals surface area contributed by atoms with Crippen LogP contribution < -0.4 is 21.9 Å². The van der Waals surface area contributed by atoms with E-state index in [0.717, 1.165) is 17.4 Å². The van der Waals surface area contributed by atoms with Crippen LogP contribution in [0.25, 0.3) is 0 Å². The van der Waals surface area contributed by atoms with Gasteiger partial charge in [-0.25, -0.2) is 9.18 Å².